The molecule has 0 aromatic heterocycles. The fourth-order valence-corrected chi connectivity index (χ4v) is 11.3. The number of hydrogen-bond acceptors (Lipinski definition) is 15. The minimum Gasteiger partial charge on any atom is -0.462 e. The van der Waals surface area contributed by atoms with Crippen molar-refractivity contribution in [3.8, 4) is 0 Å². The first-order valence-corrected chi connectivity index (χ1v) is 38.8. The third kappa shape index (κ3) is 63.8. The smallest absolute Gasteiger partial charge is 0.462 e. The van der Waals surface area contributed by atoms with Crippen LogP contribution in [0.5, 0.6) is 0 Å². The van der Waals surface area contributed by atoms with Crippen LogP contribution in [0, 0.1) is 5.92 Å². The Morgan fingerprint density at radius 1 is 0.344 bits per heavy atom. The van der Waals surface area contributed by atoms with E-state index in [0.717, 1.165) is 141 Å². The minimum atomic E-state index is -4.97. The van der Waals surface area contributed by atoms with E-state index in [-0.39, 0.29) is 25.7 Å². The largest absolute Gasteiger partial charge is 0.472 e. The molecule has 0 heterocycles. The van der Waals surface area contributed by atoms with E-state index in [4.69, 9.17) is 37.0 Å². The number of carbonyl (C=O) groups is 4. The number of rotatable bonds is 67. The highest BCUT2D eigenvalue weighted by atomic mass is 31.2. The molecule has 526 valence electrons. The van der Waals surface area contributed by atoms with E-state index in [1.807, 2.05) is 0 Å². The van der Waals surface area contributed by atoms with Crippen molar-refractivity contribution in [1.82, 2.24) is 0 Å². The van der Waals surface area contributed by atoms with Crippen molar-refractivity contribution in [3.05, 3.63) is 48.6 Å². The Kier molecular flexibility index (Phi) is 61.3. The van der Waals surface area contributed by atoms with Gasteiger partial charge in [0.15, 0.2) is 12.2 Å². The Morgan fingerprint density at radius 2 is 0.600 bits per heavy atom. The third-order valence-corrected chi connectivity index (χ3v) is 17.2. The van der Waals surface area contributed by atoms with Crippen LogP contribution in [0.25, 0.3) is 0 Å². The van der Waals surface area contributed by atoms with Gasteiger partial charge in [-0.15, -0.1) is 0 Å². The number of aliphatic hydroxyl groups is 1. The molecular formula is C71H130O17P2. The summed E-state index contributed by atoms with van der Waals surface area (Å²) in [5, 5.41) is 10.6. The van der Waals surface area contributed by atoms with Crippen LogP contribution < -0.4 is 0 Å². The quantitative estimate of drug-likeness (QED) is 0.0169. The van der Waals surface area contributed by atoms with Gasteiger partial charge in [0.1, 0.15) is 19.3 Å². The number of phosphoric ester groups is 2. The molecule has 0 aliphatic rings. The van der Waals surface area contributed by atoms with Gasteiger partial charge in [-0.05, 0) is 83.0 Å². The molecule has 0 fully saturated rings. The topological polar surface area (TPSA) is 237 Å². The Morgan fingerprint density at radius 3 is 0.911 bits per heavy atom. The van der Waals surface area contributed by atoms with E-state index in [1.54, 1.807) is 0 Å². The fraction of sp³-hybridized carbons (Fsp3) is 0.831. The SMILES string of the molecule is CCCCCC/C=C\C=C/CCCCCCCC(=O)OC[C@H](COP(=O)(O)OC[C@@H](O)COP(=O)(O)OC[C@@H](COC(=O)CCCCCCCCC)OC(=O)CCCCCCCCCCCCC(C)C)OC(=O)CCCCCCC/C=C\C=C/CCCCCC. The second-order valence-corrected chi connectivity index (χ2v) is 27.6. The first kappa shape index (κ1) is 87.0. The van der Waals surface area contributed by atoms with Crippen LogP contribution in [-0.2, 0) is 65.4 Å². The lowest BCUT2D eigenvalue weighted by molar-refractivity contribution is -0.161. The van der Waals surface area contributed by atoms with E-state index in [1.165, 1.54) is 96.3 Å². The van der Waals surface area contributed by atoms with Crippen LogP contribution in [0.2, 0.25) is 0 Å². The Bertz CT molecular complexity index is 1920. The van der Waals surface area contributed by atoms with Gasteiger partial charge in [0.05, 0.1) is 26.4 Å². The van der Waals surface area contributed by atoms with Crippen LogP contribution in [0.15, 0.2) is 48.6 Å². The molecule has 19 heteroatoms. The van der Waals surface area contributed by atoms with E-state index < -0.39 is 97.5 Å². The highest BCUT2D eigenvalue weighted by Crippen LogP contribution is 2.45. The van der Waals surface area contributed by atoms with Gasteiger partial charge in [-0.2, -0.15) is 0 Å². The molecule has 5 atom stereocenters. The predicted molar refractivity (Wildman–Crippen MR) is 363 cm³/mol. The molecule has 0 rings (SSSR count). The zero-order valence-electron chi connectivity index (χ0n) is 57.2. The molecule has 0 aromatic carbocycles. The van der Waals surface area contributed by atoms with Crippen molar-refractivity contribution in [2.45, 2.75) is 335 Å². The third-order valence-electron chi connectivity index (χ3n) is 15.3. The predicted octanol–water partition coefficient (Wildman–Crippen LogP) is 19.6. The first-order chi connectivity index (χ1) is 43.5. The summed E-state index contributed by atoms with van der Waals surface area (Å²) in [5.41, 5.74) is 0. The summed E-state index contributed by atoms with van der Waals surface area (Å²) in [4.78, 5) is 72.4. The molecule has 0 radical (unpaired) electrons. The van der Waals surface area contributed by atoms with Gasteiger partial charge >= 0.3 is 39.5 Å². The van der Waals surface area contributed by atoms with Crippen molar-refractivity contribution in [2.24, 2.45) is 5.92 Å². The summed E-state index contributed by atoms with van der Waals surface area (Å²) in [6.45, 7) is 7.06. The fourth-order valence-electron chi connectivity index (χ4n) is 9.74. The number of unbranched alkanes of at least 4 members (excludes halogenated alkanes) is 33. The van der Waals surface area contributed by atoms with Crippen molar-refractivity contribution in [2.75, 3.05) is 39.6 Å². The number of phosphoric acid groups is 2. The number of hydrogen-bond donors (Lipinski definition) is 3. The van der Waals surface area contributed by atoms with Crippen molar-refractivity contribution < 1.29 is 80.2 Å². The molecule has 0 amide bonds. The van der Waals surface area contributed by atoms with E-state index in [0.29, 0.717) is 25.7 Å². The van der Waals surface area contributed by atoms with Crippen molar-refractivity contribution >= 4 is 39.5 Å². The van der Waals surface area contributed by atoms with Crippen LogP contribution in [0.1, 0.15) is 317 Å². The van der Waals surface area contributed by atoms with E-state index in [2.05, 4.69) is 83.2 Å². The highest BCUT2D eigenvalue weighted by Gasteiger charge is 2.30. The van der Waals surface area contributed by atoms with Crippen LogP contribution in [-0.4, -0.2) is 96.7 Å². The summed E-state index contributed by atoms with van der Waals surface area (Å²) < 4.78 is 68.1. The van der Waals surface area contributed by atoms with Crippen LogP contribution in [0.4, 0.5) is 0 Å². The molecule has 0 aromatic rings. The lowest BCUT2D eigenvalue weighted by Gasteiger charge is -2.21. The first-order valence-electron chi connectivity index (χ1n) is 35.8. The number of ether oxygens (including phenoxy) is 4. The van der Waals surface area contributed by atoms with Gasteiger partial charge in [-0.3, -0.25) is 37.3 Å². The van der Waals surface area contributed by atoms with Gasteiger partial charge in [-0.1, -0.05) is 263 Å². The minimum absolute atomic E-state index is 0.0781. The number of carbonyl (C=O) groups excluding carboxylic acids is 4. The second-order valence-electron chi connectivity index (χ2n) is 24.7. The summed E-state index contributed by atoms with van der Waals surface area (Å²) >= 11 is 0. The molecule has 0 bridgehead atoms. The van der Waals surface area contributed by atoms with E-state index in [9.17, 15) is 43.2 Å². The summed E-state index contributed by atoms with van der Waals surface area (Å²) in [7, 11) is -9.92. The lowest BCUT2D eigenvalue weighted by atomic mass is 10.0. The Labute approximate surface area is 547 Å². The monoisotopic (exact) mass is 1320 g/mol. The number of aliphatic hydroxyl groups excluding tert-OH is 1. The van der Waals surface area contributed by atoms with Gasteiger partial charge in [-0.25, -0.2) is 9.13 Å². The zero-order chi connectivity index (χ0) is 66.3. The molecule has 2 unspecified atom stereocenters. The maximum atomic E-state index is 13.0. The maximum Gasteiger partial charge on any atom is 0.472 e. The highest BCUT2D eigenvalue weighted by molar-refractivity contribution is 7.47. The normalized spacial score (nSPS) is 14.4. The standard InChI is InChI=1S/C71H130O17P2/c1-6-9-12-15-18-20-22-24-26-28-30-35-40-45-50-55-69(74)82-61-67(88-70(75)56-51-46-41-36-31-29-27-25-23-21-19-16-13-10-7-2)63-86-90(79,80)84-59-65(72)58-83-89(77,78)85-62-66(60-81-68(73)54-49-44-38-17-14-11-8-3)87-71(76)57-52-47-42-37-33-32-34-39-43-48-53-64(4)5/h20-27,64-67,72H,6-19,28-63H2,1-5H3,(H,77,78)(H,79,80)/b22-20-,23-21-,26-24-,27-25-/t65-,66+,67+/m0/s1. The molecule has 17 nitrogen and oxygen atoms in total. The van der Waals surface area contributed by atoms with Gasteiger partial charge < -0.3 is 33.8 Å². The zero-order valence-corrected chi connectivity index (χ0v) is 59.0. The summed E-state index contributed by atoms with van der Waals surface area (Å²) in [5.74, 6) is -1.44. The van der Waals surface area contributed by atoms with Crippen LogP contribution in [0.3, 0.4) is 0 Å². The lowest BCUT2D eigenvalue weighted by Crippen LogP contribution is -2.30. The molecular weight excluding hydrogens is 1190 g/mol. The summed E-state index contributed by atoms with van der Waals surface area (Å²) in [6.07, 6.45) is 55.8. The molecule has 90 heavy (non-hydrogen) atoms. The Hall–Kier alpha value is -2.98. The Balaban J connectivity index is 5.29. The molecule has 0 spiro atoms. The van der Waals surface area contributed by atoms with E-state index >= 15 is 0 Å². The van der Waals surface area contributed by atoms with Crippen molar-refractivity contribution in [3.63, 3.8) is 0 Å². The van der Waals surface area contributed by atoms with Gasteiger partial charge in [0.2, 0.25) is 0 Å². The average Bonchev–Trinajstić information content (AvgIpc) is 3.64. The average molecular weight is 1320 g/mol. The van der Waals surface area contributed by atoms with Crippen LogP contribution >= 0.6 is 15.6 Å². The van der Waals surface area contributed by atoms with Gasteiger partial charge in [0, 0.05) is 25.7 Å². The molecule has 0 aliphatic carbocycles. The maximum absolute atomic E-state index is 13.0. The summed E-state index contributed by atoms with van der Waals surface area (Å²) in [6, 6.07) is 0. The van der Waals surface area contributed by atoms with Crippen molar-refractivity contribution in [1.29, 1.82) is 0 Å². The molecule has 3 N–H and O–H groups in total. The second kappa shape index (κ2) is 63.4. The number of esters is 4. The molecule has 0 aliphatic heterocycles. The van der Waals surface area contributed by atoms with Gasteiger partial charge in [0.25, 0.3) is 0 Å². The number of allylic oxidation sites excluding steroid dienone is 8. The molecule has 0 saturated heterocycles. The molecule has 0 saturated carbocycles.